The number of carbonyl (C=O) groups excluding carboxylic acids is 1. The molecule has 2 heterocycles. The molecule has 1 amide bonds. The highest BCUT2D eigenvalue weighted by Gasteiger charge is 2.17. The molecule has 170 valence electrons. The van der Waals surface area contributed by atoms with Crippen LogP contribution in [0.15, 0.2) is 71.8 Å². The van der Waals surface area contributed by atoms with Crippen molar-refractivity contribution in [3.8, 4) is 11.5 Å². The smallest absolute Gasteiger partial charge is 0.274 e. The lowest BCUT2D eigenvalue weighted by Gasteiger charge is -2.16. The highest BCUT2D eigenvalue weighted by molar-refractivity contribution is 5.95. The normalized spacial score (nSPS) is 11.8. The quantitative estimate of drug-likeness (QED) is 0.423. The first-order valence-electron chi connectivity index (χ1n) is 10.7. The van der Waals surface area contributed by atoms with Gasteiger partial charge < -0.3 is 14.8 Å². The van der Waals surface area contributed by atoms with Crippen molar-refractivity contribution < 1.29 is 14.3 Å². The van der Waals surface area contributed by atoms with E-state index in [4.69, 9.17) is 9.47 Å². The summed E-state index contributed by atoms with van der Waals surface area (Å²) in [6, 6.07) is 17.6. The summed E-state index contributed by atoms with van der Waals surface area (Å²) >= 11 is 0. The van der Waals surface area contributed by atoms with Crippen LogP contribution in [0.4, 0.5) is 5.69 Å². The Balaban J connectivity index is 1.45. The van der Waals surface area contributed by atoms with Gasteiger partial charge in [0.1, 0.15) is 24.4 Å². The summed E-state index contributed by atoms with van der Waals surface area (Å²) in [4.78, 5) is 33.8. The van der Waals surface area contributed by atoms with Crippen molar-refractivity contribution in [3.05, 3.63) is 83.0 Å². The van der Waals surface area contributed by atoms with E-state index in [2.05, 4.69) is 15.3 Å². The van der Waals surface area contributed by atoms with Gasteiger partial charge in [-0.25, -0.2) is 4.98 Å². The van der Waals surface area contributed by atoms with Gasteiger partial charge in [0.05, 0.1) is 11.4 Å². The highest BCUT2D eigenvalue weighted by Crippen LogP contribution is 2.25. The van der Waals surface area contributed by atoms with Gasteiger partial charge >= 0.3 is 0 Å². The van der Waals surface area contributed by atoms with Crippen LogP contribution in [0, 0.1) is 0 Å². The van der Waals surface area contributed by atoms with Crippen molar-refractivity contribution in [2.24, 2.45) is 0 Å². The zero-order valence-corrected chi connectivity index (χ0v) is 18.5. The number of fused-ring (bicyclic) bond motifs is 1. The number of nitrogens with zero attached hydrogens (tertiary/aromatic N) is 4. The monoisotopic (exact) mass is 447 g/mol. The van der Waals surface area contributed by atoms with Gasteiger partial charge in [-0.05, 0) is 37.6 Å². The van der Waals surface area contributed by atoms with Crippen molar-refractivity contribution in [2.45, 2.75) is 39.5 Å². The first-order valence-corrected chi connectivity index (χ1v) is 10.7. The number of ether oxygens (including phenoxy) is 2. The third-order valence-corrected chi connectivity index (χ3v) is 4.89. The topological polar surface area (TPSA) is 99.8 Å². The molecule has 0 unspecified atom stereocenters. The van der Waals surface area contributed by atoms with Crippen molar-refractivity contribution in [2.75, 3.05) is 5.32 Å². The molecule has 1 atom stereocenters. The van der Waals surface area contributed by atoms with Crippen molar-refractivity contribution in [3.63, 3.8) is 0 Å². The van der Waals surface area contributed by atoms with Crippen LogP contribution < -0.4 is 20.3 Å². The third-order valence-electron chi connectivity index (χ3n) is 4.89. The fraction of sp³-hybridized carbons (Fsp3) is 0.250. The molecule has 1 N–H and O–H groups in total. The van der Waals surface area contributed by atoms with E-state index in [0.717, 1.165) is 6.42 Å². The number of hydrogen-bond donors (Lipinski definition) is 1. The number of anilines is 1. The van der Waals surface area contributed by atoms with Crippen molar-refractivity contribution in [1.82, 2.24) is 19.2 Å². The Hall–Kier alpha value is -4.14. The Labute approximate surface area is 190 Å². The minimum atomic E-state index is -0.706. The maximum absolute atomic E-state index is 12.6. The first-order chi connectivity index (χ1) is 16.0. The molecule has 4 rings (SSSR count). The molecule has 0 saturated heterocycles. The van der Waals surface area contributed by atoms with Crippen LogP contribution in [0.3, 0.4) is 0 Å². The van der Waals surface area contributed by atoms with Gasteiger partial charge in [-0.2, -0.15) is 9.50 Å². The standard InChI is InChI=1S/C24H25N5O4/c1-3-13-28-16-25-24-26-18(14-22(30)29(24)28)15-32-21-12-8-7-11-20(21)27-23(31)17(2)33-19-9-5-4-6-10-19/h4-12,14,16-17H,3,13,15H2,1-2H3,(H,27,31)/t17-/m0/s1. The molecule has 0 aliphatic heterocycles. The lowest BCUT2D eigenvalue weighted by Crippen LogP contribution is -2.30. The number of amides is 1. The SMILES string of the molecule is CCCn1cnc2nc(COc3ccccc3NC(=O)[C@H](C)Oc3ccccc3)cc(=O)n21. The van der Waals surface area contributed by atoms with Crippen LogP contribution in [-0.2, 0) is 17.9 Å². The van der Waals surface area contributed by atoms with E-state index in [1.165, 1.54) is 10.6 Å². The van der Waals surface area contributed by atoms with Crippen molar-refractivity contribution in [1.29, 1.82) is 0 Å². The molecule has 0 saturated carbocycles. The molecule has 33 heavy (non-hydrogen) atoms. The van der Waals surface area contributed by atoms with E-state index in [-0.39, 0.29) is 18.1 Å². The molecule has 0 aliphatic carbocycles. The highest BCUT2D eigenvalue weighted by atomic mass is 16.5. The Morgan fingerprint density at radius 3 is 2.67 bits per heavy atom. The van der Waals surface area contributed by atoms with Crippen LogP contribution in [-0.4, -0.2) is 31.2 Å². The van der Waals surface area contributed by atoms with Crippen LogP contribution >= 0.6 is 0 Å². The Morgan fingerprint density at radius 1 is 1.12 bits per heavy atom. The lowest BCUT2D eigenvalue weighted by atomic mass is 10.2. The first kappa shape index (κ1) is 22.1. The molecule has 9 heteroatoms. The van der Waals surface area contributed by atoms with Crippen LogP contribution in [0.2, 0.25) is 0 Å². The second-order valence-electron chi connectivity index (χ2n) is 7.45. The fourth-order valence-corrected chi connectivity index (χ4v) is 3.30. The van der Waals surface area contributed by atoms with Gasteiger partial charge in [-0.3, -0.25) is 14.3 Å². The molecular formula is C24H25N5O4. The van der Waals surface area contributed by atoms with Crippen LogP contribution in [0.1, 0.15) is 26.0 Å². The van der Waals surface area contributed by atoms with Gasteiger partial charge in [-0.15, -0.1) is 0 Å². The van der Waals surface area contributed by atoms with Gasteiger partial charge in [-0.1, -0.05) is 37.3 Å². The number of benzene rings is 2. The summed E-state index contributed by atoms with van der Waals surface area (Å²) in [5.74, 6) is 1.08. The Bertz CT molecular complexity index is 1300. The molecule has 0 aliphatic rings. The summed E-state index contributed by atoms with van der Waals surface area (Å²) < 4.78 is 14.7. The van der Waals surface area contributed by atoms with Crippen LogP contribution in [0.25, 0.3) is 5.78 Å². The zero-order valence-electron chi connectivity index (χ0n) is 18.5. The van der Waals surface area contributed by atoms with Crippen molar-refractivity contribution >= 4 is 17.4 Å². The average Bonchev–Trinajstić information content (AvgIpc) is 3.22. The zero-order chi connectivity index (χ0) is 23.2. The summed E-state index contributed by atoms with van der Waals surface area (Å²) in [7, 11) is 0. The predicted molar refractivity (Wildman–Crippen MR) is 123 cm³/mol. The van der Waals surface area contributed by atoms with E-state index < -0.39 is 6.10 Å². The molecule has 0 bridgehead atoms. The number of aromatic nitrogens is 4. The second-order valence-corrected chi connectivity index (χ2v) is 7.45. The molecule has 2 aromatic carbocycles. The second kappa shape index (κ2) is 9.99. The van der Waals surface area contributed by atoms with Gasteiger partial charge in [0.15, 0.2) is 6.10 Å². The summed E-state index contributed by atoms with van der Waals surface area (Å²) in [5.41, 5.74) is 0.720. The number of rotatable bonds is 9. The molecule has 0 fully saturated rings. The number of hydrogen-bond acceptors (Lipinski definition) is 6. The minimum Gasteiger partial charge on any atom is -0.485 e. The lowest BCUT2D eigenvalue weighted by molar-refractivity contribution is -0.122. The minimum absolute atomic E-state index is 0.0509. The molecule has 9 nitrogen and oxygen atoms in total. The summed E-state index contributed by atoms with van der Waals surface area (Å²) in [6.07, 6.45) is 1.77. The molecule has 0 radical (unpaired) electrons. The van der Waals surface area contributed by atoms with Crippen LogP contribution in [0.5, 0.6) is 11.5 Å². The maximum atomic E-state index is 12.6. The third kappa shape index (κ3) is 5.20. The molecular weight excluding hydrogens is 422 g/mol. The molecule has 4 aromatic rings. The van der Waals surface area contributed by atoms with Gasteiger partial charge in [0.25, 0.3) is 17.2 Å². The predicted octanol–water partition coefficient (Wildman–Crippen LogP) is 3.29. The molecule has 0 spiro atoms. The van der Waals surface area contributed by atoms with E-state index in [0.29, 0.717) is 35.2 Å². The van der Waals surface area contributed by atoms with E-state index in [1.807, 2.05) is 25.1 Å². The number of nitrogens with one attached hydrogen (secondary N) is 1. The largest absolute Gasteiger partial charge is 0.485 e. The summed E-state index contributed by atoms with van der Waals surface area (Å²) in [5, 5.41) is 2.83. The van der Waals surface area contributed by atoms with E-state index >= 15 is 0 Å². The number of para-hydroxylation sites is 3. The number of aryl methyl sites for hydroxylation is 1. The number of carbonyl (C=O) groups is 1. The van der Waals surface area contributed by atoms with E-state index in [9.17, 15) is 9.59 Å². The summed E-state index contributed by atoms with van der Waals surface area (Å²) in [6.45, 7) is 4.43. The molecule has 2 aromatic heterocycles. The van der Waals surface area contributed by atoms with E-state index in [1.54, 1.807) is 54.3 Å². The average molecular weight is 447 g/mol. The Morgan fingerprint density at radius 2 is 1.88 bits per heavy atom. The van der Waals surface area contributed by atoms with Gasteiger partial charge in [0, 0.05) is 12.6 Å². The maximum Gasteiger partial charge on any atom is 0.274 e. The Kier molecular flexibility index (Phi) is 6.68. The van der Waals surface area contributed by atoms with Gasteiger partial charge in [0.2, 0.25) is 0 Å². The fourth-order valence-electron chi connectivity index (χ4n) is 3.30.